The van der Waals surface area contributed by atoms with Crippen molar-refractivity contribution in [3.05, 3.63) is 34.6 Å². The maximum atomic E-state index is 14.0. The standard InChI is InChI=1S/C19H28ClFN4O/c1-3-22-18(23-12-19(2)13-26-14-19)25-9-7-24(8-10-25)11-15-16(20)5-4-6-17(15)21/h4-6H,3,7-14H2,1-2H3,(H,22,23). The summed E-state index contributed by atoms with van der Waals surface area (Å²) in [6.07, 6.45) is 0. The van der Waals surface area contributed by atoms with Crippen LogP contribution in [0.5, 0.6) is 0 Å². The fraction of sp³-hybridized carbons (Fsp3) is 0.632. The quantitative estimate of drug-likeness (QED) is 0.627. The highest BCUT2D eigenvalue weighted by Crippen LogP contribution is 2.26. The second-order valence-corrected chi connectivity index (χ2v) is 7.84. The van der Waals surface area contributed by atoms with E-state index < -0.39 is 0 Å². The number of hydrogen-bond acceptors (Lipinski definition) is 3. The fourth-order valence-electron chi connectivity index (χ4n) is 3.26. The lowest BCUT2D eigenvalue weighted by atomic mass is 9.89. The molecule has 0 radical (unpaired) electrons. The lowest BCUT2D eigenvalue weighted by Gasteiger charge is -2.39. The highest BCUT2D eigenvalue weighted by molar-refractivity contribution is 6.31. The van der Waals surface area contributed by atoms with E-state index in [4.69, 9.17) is 21.3 Å². The molecule has 1 N–H and O–H groups in total. The summed E-state index contributed by atoms with van der Waals surface area (Å²) < 4.78 is 19.3. The number of halogens is 2. The number of nitrogens with zero attached hydrogens (tertiary/aromatic N) is 3. The van der Waals surface area contributed by atoms with Crippen molar-refractivity contribution in [1.29, 1.82) is 0 Å². The topological polar surface area (TPSA) is 40.1 Å². The monoisotopic (exact) mass is 382 g/mol. The Hall–Kier alpha value is -1.37. The lowest BCUT2D eigenvalue weighted by Crippen LogP contribution is -2.53. The Bertz CT molecular complexity index is 622. The smallest absolute Gasteiger partial charge is 0.194 e. The molecular weight excluding hydrogens is 355 g/mol. The molecule has 0 aromatic heterocycles. The molecule has 5 nitrogen and oxygen atoms in total. The van der Waals surface area contributed by atoms with Gasteiger partial charge in [-0.3, -0.25) is 9.89 Å². The average molecular weight is 383 g/mol. The van der Waals surface area contributed by atoms with Gasteiger partial charge in [-0.1, -0.05) is 24.6 Å². The van der Waals surface area contributed by atoms with Crippen molar-refractivity contribution in [2.24, 2.45) is 10.4 Å². The summed E-state index contributed by atoms with van der Waals surface area (Å²) in [6.45, 7) is 11.5. The molecule has 2 aliphatic heterocycles. The van der Waals surface area contributed by atoms with Crippen molar-refractivity contribution in [2.75, 3.05) is 52.5 Å². The molecule has 2 fully saturated rings. The maximum Gasteiger partial charge on any atom is 0.194 e. The minimum Gasteiger partial charge on any atom is -0.380 e. The predicted molar refractivity (Wildman–Crippen MR) is 103 cm³/mol. The van der Waals surface area contributed by atoms with E-state index in [1.54, 1.807) is 12.1 Å². The van der Waals surface area contributed by atoms with Crippen molar-refractivity contribution in [1.82, 2.24) is 15.1 Å². The highest BCUT2D eigenvalue weighted by Gasteiger charge is 2.33. The van der Waals surface area contributed by atoms with Gasteiger partial charge in [-0.15, -0.1) is 0 Å². The average Bonchev–Trinajstić information content (AvgIpc) is 2.61. The van der Waals surface area contributed by atoms with Crippen molar-refractivity contribution >= 4 is 17.6 Å². The van der Waals surface area contributed by atoms with Gasteiger partial charge in [0.15, 0.2) is 5.96 Å². The number of nitrogens with one attached hydrogen (secondary N) is 1. The minimum absolute atomic E-state index is 0.171. The van der Waals surface area contributed by atoms with Gasteiger partial charge in [0.2, 0.25) is 0 Å². The molecule has 1 aromatic carbocycles. The molecule has 7 heteroatoms. The fourth-order valence-corrected chi connectivity index (χ4v) is 3.48. The van der Waals surface area contributed by atoms with Crippen LogP contribution in [0.4, 0.5) is 4.39 Å². The van der Waals surface area contributed by atoms with E-state index in [1.165, 1.54) is 6.07 Å². The third-order valence-electron chi connectivity index (χ3n) is 4.96. The zero-order chi connectivity index (χ0) is 18.6. The molecule has 0 amide bonds. The van der Waals surface area contributed by atoms with E-state index >= 15 is 0 Å². The van der Waals surface area contributed by atoms with Gasteiger partial charge < -0.3 is 15.0 Å². The van der Waals surface area contributed by atoms with E-state index in [-0.39, 0.29) is 11.2 Å². The highest BCUT2D eigenvalue weighted by atomic mass is 35.5. The second kappa shape index (κ2) is 8.55. The van der Waals surface area contributed by atoms with Crippen LogP contribution in [0.15, 0.2) is 23.2 Å². The molecule has 144 valence electrons. The molecule has 0 aliphatic carbocycles. The van der Waals surface area contributed by atoms with Crippen LogP contribution in [-0.4, -0.2) is 68.2 Å². The second-order valence-electron chi connectivity index (χ2n) is 7.44. The van der Waals surface area contributed by atoms with Gasteiger partial charge in [0.1, 0.15) is 5.82 Å². The molecule has 26 heavy (non-hydrogen) atoms. The molecule has 2 aliphatic rings. The van der Waals surface area contributed by atoms with Crippen LogP contribution in [-0.2, 0) is 11.3 Å². The number of guanidine groups is 1. The van der Waals surface area contributed by atoms with Crippen LogP contribution in [0.25, 0.3) is 0 Å². The first-order chi connectivity index (χ1) is 12.5. The van der Waals surface area contributed by atoms with Gasteiger partial charge in [-0.25, -0.2) is 4.39 Å². The molecule has 2 heterocycles. The molecular formula is C19H28ClFN4O. The van der Waals surface area contributed by atoms with Gasteiger partial charge in [-0.2, -0.15) is 0 Å². The van der Waals surface area contributed by atoms with Crippen LogP contribution < -0.4 is 5.32 Å². The largest absolute Gasteiger partial charge is 0.380 e. The Labute approximate surface area is 160 Å². The van der Waals surface area contributed by atoms with Crippen LogP contribution >= 0.6 is 11.6 Å². The Kier molecular flexibility index (Phi) is 6.37. The van der Waals surface area contributed by atoms with Crippen molar-refractivity contribution in [3.63, 3.8) is 0 Å². The Morgan fingerprint density at radius 2 is 2.04 bits per heavy atom. The van der Waals surface area contributed by atoms with E-state index in [0.717, 1.165) is 58.4 Å². The maximum absolute atomic E-state index is 14.0. The zero-order valence-electron chi connectivity index (χ0n) is 15.6. The number of ether oxygens (including phenoxy) is 1. The summed E-state index contributed by atoms with van der Waals surface area (Å²) in [6, 6.07) is 4.86. The van der Waals surface area contributed by atoms with Gasteiger partial charge >= 0.3 is 0 Å². The van der Waals surface area contributed by atoms with E-state index in [2.05, 4.69) is 29.0 Å². The van der Waals surface area contributed by atoms with Crippen LogP contribution in [0.2, 0.25) is 5.02 Å². The van der Waals surface area contributed by atoms with Crippen LogP contribution in [0, 0.1) is 11.2 Å². The molecule has 0 bridgehead atoms. The molecule has 0 spiro atoms. The minimum atomic E-state index is -0.231. The molecule has 1 aromatic rings. The summed E-state index contributed by atoms with van der Waals surface area (Å²) >= 11 is 6.16. The Morgan fingerprint density at radius 3 is 2.62 bits per heavy atom. The number of hydrogen-bond donors (Lipinski definition) is 1. The number of benzene rings is 1. The normalized spacial score (nSPS) is 20.8. The SMILES string of the molecule is CCNC(=NCC1(C)COC1)N1CCN(Cc2c(F)cccc2Cl)CC1. The van der Waals surface area contributed by atoms with E-state index in [9.17, 15) is 4.39 Å². The molecule has 3 rings (SSSR count). The Morgan fingerprint density at radius 1 is 1.31 bits per heavy atom. The number of piperazine rings is 1. The van der Waals surface area contributed by atoms with Gasteiger partial charge in [0, 0.05) is 55.3 Å². The summed E-state index contributed by atoms with van der Waals surface area (Å²) in [5.41, 5.74) is 0.755. The lowest BCUT2D eigenvalue weighted by molar-refractivity contribution is -0.0946. The molecule has 2 saturated heterocycles. The molecule has 0 atom stereocenters. The van der Waals surface area contributed by atoms with E-state index in [0.29, 0.717) is 17.1 Å². The Balaban J connectivity index is 1.56. The van der Waals surface area contributed by atoms with Gasteiger partial charge in [-0.05, 0) is 19.1 Å². The van der Waals surface area contributed by atoms with Gasteiger partial charge in [0.05, 0.1) is 19.8 Å². The van der Waals surface area contributed by atoms with Crippen LogP contribution in [0.3, 0.4) is 0 Å². The van der Waals surface area contributed by atoms with Crippen molar-refractivity contribution in [3.8, 4) is 0 Å². The van der Waals surface area contributed by atoms with Crippen LogP contribution in [0.1, 0.15) is 19.4 Å². The zero-order valence-corrected chi connectivity index (χ0v) is 16.4. The van der Waals surface area contributed by atoms with E-state index in [1.807, 2.05) is 0 Å². The molecule has 0 unspecified atom stereocenters. The first kappa shape index (κ1) is 19.4. The van der Waals surface area contributed by atoms with Gasteiger partial charge in [0.25, 0.3) is 0 Å². The predicted octanol–water partition coefficient (Wildman–Crippen LogP) is 2.60. The summed E-state index contributed by atoms with van der Waals surface area (Å²) in [7, 11) is 0. The molecule has 0 saturated carbocycles. The third kappa shape index (κ3) is 4.67. The van der Waals surface area contributed by atoms with Crippen molar-refractivity contribution in [2.45, 2.75) is 20.4 Å². The number of aliphatic imine (C=N–C) groups is 1. The summed E-state index contributed by atoms with van der Waals surface area (Å²) in [5, 5.41) is 3.89. The first-order valence-electron chi connectivity index (χ1n) is 9.27. The van der Waals surface area contributed by atoms with Crippen molar-refractivity contribution < 1.29 is 9.13 Å². The number of rotatable bonds is 5. The summed E-state index contributed by atoms with van der Waals surface area (Å²) in [5.74, 6) is 0.731. The first-order valence-corrected chi connectivity index (χ1v) is 9.65. The summed E-state index contributed by atoms with van der Waals surface area (Å²) in [4.78, 5) is 9.35. The third-order valence-corrected chi connectivity index (χ3v) is 5.32.